The van der Waals surface area contributed by atoms with Crippen LogP contribution >= 0.6 is 12.2 Å². The minimum absolute atomic E-state index is 0.0691. The van der Waals surface area contributed by atoms with Gasteiger partial charge in [0.05, 0.1) is 27.4 Å². The second-order valence-corrected chi connectivity index (χ2v) is 6.90. The summed E-state index contributed by atoms with van der Waals surface area (Å²) in [6.45, 7) is 2.20. The van der Waals surface area contributed by atoms with Crippen LogP contribution in [0.3, 0.4) is 0 Å². The van der Waals surface area contributed by atoms with E-state index < -0.39 is 5.91 Å². The van der Waals surface area contributed by atoms with Crippen molar-refractivity contribution >= 4 is 34.8 Å². The highest BCUT2D eigenvalue weighted by atomic mass is 32.1. The second-order valence-electron chi connectivity index (χ2n) is 6.49. The molecule has 8 nitrogen and oxygen atoms in total. The molecule has 0 bridgehead atoms. The molecule has 30 heavy (non-hydrogen) atoms. The smallest absolute Gasteiger partial charge is 0.257 e. The number of anilines is 1. The summed E-state index contributed by atoms with van der Waals surface area (Å²) >= 11 is 5.25. The summed E-state index contributed by atoms with van der Waals surface area (Å²) < 4.78 is 15.6. The highest BCUT2D eigenvalue weighted by Crippen LogP contribution is 2.22. The molecule has 0 aromatic heterocycles. The third kappa shape index (κ3) is 5.46. The van der Waals surface area contributed by atoms with Crippen molar-refractivity contribution in [3.05, 3.63) is 53.6 Å². The van der Waals surface area contributed by atoms with E-state index in [9.17, 15) is 9.59 Å². The van der Waals surface area contributed by atoms with Gasteiger partial charge in [-0.1, -0.05) is 6.07 Å². The fourth-order valence-corrected chi connectivity index (χ4v) is 3.17. The average molecular weight is 429 g/mol. The number of methoxy groups -OCH3 is 2. The number of hydrogen-bond acceptors (Lipinski definition) is 6. The van der Waals surface area contributed by atoms with Crippen molar-refractivity contribution < 1.29 is 23.8 Å². The van der Waals surface area contributed by atoms with Gasteiger partial charge >= 0.3 is 0 Å². The quantitative estimate of drug-likeness (QED) is 0.705. The maximum atomic E-state index is 12.6. The van der Waals surface area contributed by atoms with E-state index in [4.69, 9.17) is 26.4 Å². The van der Waals surface area contributed by atoms with Crippen LogP contribution in [-0.2, 0) is 4.74 Å². The van der Waals surface area contributed by atoms with Gasteiger partial charge in [0.2, 0.25) is 0 Å². The molecular formula is C21H23N3O5S. The molecule has 1 fully saturated rings. The highest BCUT2D eigenvalue weighted by Gasteiger charge is 2.19. The lowest BCUT2D eigenvalue weighted by molar-refractivity contribution is 0.0303. The van der Waals surface area contributed by atoms with Crippen LogP contribution in [0.4, 0.5) is 5.69 Å². The average Bonchev–Trinajstić information content (AvgIpc) is 2.78. The normalized spacial score (nSPS) is 13.3. The topological polar surface area (TPSA) is 89.1 Å². The van der Waals surface area contributed by atoms with Gasteiger partial charge in [-0.15, -0.1) is 0 Å². The molecule has 0 radical (unpaired) electrons. The summed E-state index contributed by atoms with van der Waals surface area (Å²) in [6.07, 6.45) is 0. The Kier molecular flexibility index (Phi) is 7.21. The fourth-order valence-electron chi connectivity index (χ4n) is 2.96. The Hall–Kier alpha value is -3.17. The van der Waals surface area contributed by atoms with Crippen LogP contribution in [-0.4, -0.2) is 62.3 Å². The van der Waals surface area contributed by atoms with E-state index in [0.717, 1.165) is 0 Å². The fraction of sp³-hybridized carbons (Fsp3) is 0.286. The number of benzene rings is 2. The van der Waals surface area contributed by atoms with Crippen LogP contribution in [0.15, 0.2) is 42.5 Å². The number of thiocarbonyl (C=S) groups is 1. The van der Waals surface area contributed by atoms with Gasteiger partial charge in [-0.2, -0.15) is 0 Å². The van der Waals surface area contributed by atoms with E-state index in [1.54, 1.807) is 47.4 Å². The summed E-state index contributed by atoms with van der Waals surface area (Å²) in [5.41, 5.74) is 1.47. The first-order valence-electron chi connectivity index (χ1n) is 9.32. The molecule has 0 aliphatic carbocycles. The zero-order valence-electron chi connectivity index (χ0n) is 16.8. The molecule has 0 saturated carbocycles. The van der Waals surface area contributed by atoms with Crippen molar-refractivity contribution in [2.45, 2.75) is 0 Å². The monoisotopic (exact) mass is 429 g/mol. The summed E-state index contributed by atoms with van der Waals surface area (Å²) in [6, 6.07) is 11.8. The van der Waals surface area contributed by atoms with Crippen molar-refractivity contribution in [2.24, 2.45) is 0 Å². The van der Waals surface area contributed by atoms with Crippen LogP contribution in [0, 0.1) is 0 Å². The molecule has 1 heterocycles. The first-order chi connectivity index (χ1) is 14.5. The summed E-state index contributed by atoms with van der Waals surface area (Å²) in [7, 11) is 3.02. The number of amides is 2. The summed E-state index contributed by atoms with van der Waals surface area (Å²) in [5.74, 6) is 0.506. The van der Waals surface area contributed by atoms with Crippen LogP contribution in [0.5, 0.6) is 11.5 Å². The van der Waals surface area contributed by atoms with Crippen LogP contribution in [0.2, 0.25) is 0 Å². The Balaban J connectivity index is 1.65. The summed E-state index contributed by atoms with van der Waals surface area (Å²) in [4.78, 5) is 26.9. The van der Waals surface area contributed by atoms with Crippen LogP contribution in [0.1, 0.15) is 20.7 Å². The predicted octanol–water partition coefficient (Wildman–Crippen LogP) is 2.30. The van der Waals surface area contributed by atoms with Gasteiger partial charge in [-0.25, -0.2) is 0 Å². The van der Waals surface area contributed by atoms with E-state index in [0.29, 0.717) is 54.6 Å². The maximum Gasteiger partial charge on any atom is 0.257 e. The molecule has 9 heteroatoms. The largest absolute Gasteiger partial charge is 0.497 e. The Morgan fingerprint density at radius 3 is 2.30 bits per heavy atom. The first kappa shape index (κ1) is 21.5. The lowest BCUT2D eigenvalue weighted by atomic mass is 10.1. The van der Waals surface area contributed by atoms with E-state index >= 15 is 0 Å². The molecular weight excluding hydrogens is 406 g/mol. The Labute approximate surface area is 180 Å². The van der Waals surface area contributed by atoms with Gasteiger partial charge in [-0.3, -0.25) is 14.9 Å². The number of nitrogens with one attached hydrogen (secondary N) is 2. The molecule has 2 N–H and O–H groups in total. The van der Waals surface area contributed by atoms with Crippen LogP contribution < -0.4 is 20.1 Å². The minimum Gasteiger partial charge on any atom is -0.497 e. The molecule has 2 aromatic carbocycles. The molecule has 158 valence electrons. The van der Waals surface area contributed by atoms with Crippen molar-refractivity contribution in [3.63, 3.8) is 0 Å². The van der Waals surface area contributed by atoms with E-state index in [-0.39, 0.29) is 11.0 Å². The number of carbonyl (C=O) groups is 2. The number of rotatable bonds is 5. The lowest BCUT2D eigenvalue weighted by Gasteiger charge is -2.27. The Morgan fingerprint density at radius 1 is 1.00 bits per heavy atom. The lowest BCUT2D eigenvalue weighted by Crippen LogP contribution is -2.40. The molecule has 2 amide bonds. The zero-order chi connectivity index (χ0) is 21.5. The SMILES string of the molecule is COc1cc(OC)cc(C(=O)NC(=S)Nc2cccc(C(=O)N3CCOCC3)c2)c1. The molecule has 0 unspecified atom stereocenters. The minimum atomic E-state index is -0.412. The van der Waals surface area contributed by atoms with Crippen molar-refractivity contribution in [1.29, 1.82) is 0 Å². The van der Waals surface area contributed by atoms with Gasteiger partial charge in [-0.05, 0) is 42.5 Å². The Bertz CT molecular complexity index is 922. The third-order valence-electron chi connectivity index (χ3n) is 4.51. The molecule has 1 aliphatic heterocycles. The highest BCUT2D eigenvalue weighted by molar-refractivity contribution is 7.80. The molecule has 0 atom stereocenters. The van der Waals surface area contributed by atoms with Crippen molar-refractivity contribution in [2.75, 3.05) is 45.8 Å². The van der Waals surface area contributed by atoms with Crippen molar-refractivity contribution in [3.8, 4) is 11.5 Å². The van der Waals surface area contributed by atoms with E-state index in [1.165, 1.54) is 14.2 Å². The van der Waals surface area contributed by atoms with Crippen LogP contribution in [0.25, 0.3) is 0 Å². The predicted molar refractivity (Wildman–Crippen MR) is 116 cm³/mol. The van der Waals surface area contributed by atoms with E-state index in [1.807, 2.05) is 0 Å². The standard InChI is InChI=1S/C21H23N3O5S/c1-27-17-11-15(12-18(13-17)28-2)19(25)23-21(30)22-16-5-3-4-14(10-16)20(26)24-6-8-29-9-7-24/h3-5,10-13H,6-9H2,1-2H3,(H2,22,23,25,30). The van der Waals surface area contributed by atoms with Crippen molar-refractivity contribution in [1.82, 2.24) is 10.2 Å². The van der Waals surface area contributed by atoms with Gasteiger partial charge in [0.25, 0.3) is 11.8 Å². The van der Waals surface area contributed by atoms with Gasteiger partial charge < -0.3 is 24.4 Å². The number of carbonyl (C=O) groups excluding carboxylic acids is 2. The number of hydrogen-bond donors (Lipinski definition) is 2. The molecule has 1 aliphatic rings. The Morgan fingerprint density at radius 2 is 1.67 bits per heavy atom. The van der Waals surface area contributed by atoms with Gasteiger partial charge in [0, 0.05) is 36.0 Å². The van der Waals surface area contributed by atoms with Gasteiger partial charge in [0.1, 0.15) is 11.5 Å². The molecule has 3 rings (SSSR count). The molecule has 2 aromatic rings. The number of ether oxygens (including phenoxy) is 3. The summed E-state index contributed by atoms with van der Waals surface area (Å²) in [5, 5.41) is 5.67. The second kappa shape index (κ2) is 10.0. The number of nitrogens with zero attached hydrogens (tertiary/aromatic N) is 1. The molecule has 1 saturated heterocycles. The first-order valence-corrected chi connectivity index (χ1v) is 9.73. The third-order valence-corrected chi connectivity index (χ3v) is 4.71. The number of morpholine rings is 1. The van der Waals surface area contributed by atoms with Gasteiger partial charge in [0.15, 0.2) is 5.11 Å². The maximum absolute atomic E-state index is 12.6. The van der Waals surface area contributed by atoms with E-state index in [2.05, 4.69) is 10.6 Å². The molecule has 0 spiro atoms. The zero-order valence-corrected chi connectivity index (χ0v) is 17.6.